The fourth-order valence-electron chi connectivity index (χ4n) is 4.23. The summed E-state index contributed by atoms with van der Waals surface area (Å²) in [5, 5.41) is 14.7. The van der Waals surface area contributed by atoms with Crippen LogP contribution in [-0.4, -0.2) is 34.5 Å². The molecule has 0 unspecified atom stereocenters. The van der Waals surface area contributed by atoms with Crippen molar-refractivity contribution >= 4 is 34.8 Å². The van der Waals surface area contributed by atoms with Crippen LogP contribution in [0.2, 0.25) is 0 Å². The second-order valence-corrected chi connectivity index (χ2v) is 11.0. The van der Waals surface area contributed by atoms with Crippen molar-refractivity contribution in [2.24, 2.45) is 17.4 Å². The topological polar surface area (TPSA) is 158 Å². The fraction of sp³-hybridized carbons (Fsp3) is 0.226. The van der Waals surface area contributed by atoms with Gasteiger partial charge < -0.3 is 26.6 Å². The summed E-state index contributed by atoms with van der Waals surface area (Å²) >= 11 is 1.54. The Morgan fingerprint density at radius 3 is 2.37 bits per heavy atom. The maximum Gasteiger partial charge on any atom is 0.355 e. The Balaban J connectivity index is 0.000000909. The number of carboxylic acids is 1. The van der Waals surface area contributed by atoms with Crippen molar-refractivity contribution < 1.29 is 24.2 Å². The van der Waals surface area contributed by atoms with E-state index in [-0.39, 0.29) is 16.8 Å². The molecule has 0 bridgehead atoms. The van der Waals surface area contributed by atoms with E-state index in [1.54, 1.807) is 35.6 Å². The quantitative estimate of drug-likeness (QED) is 0.235. The lowest BCUT2D eigenvalue weighted by atomic mass is 9.93. The van der Waals surface area contributed by atoms with Crippen LogP contribution < -0.4 is 21.5 Å². The summed E-state index contributed by atoms with van der Waals surface area (Å²) in [6.45, 7) is 7.30. The zero-order chi connectivity index (χ0) is 29.7. The molecule has 0 aliphatic carbocycles. The Bertz CT molecular complexity index is 1590. The third kappa shape index (κ3) is 6.79. The summed E-state index contributed by atoms with van der Waals surface area (Å²) in [5.74, 6) is -1.31. The SMILES string of the molecule is CC(C)C.NCc1ccc(NC(=O)c2cc3c(cc2-c2ccc(C(N)=O)nc2C(=O)O)OCCc2ccsc2-3)cc1. The molecule has 4 aromatic rings. The summed E-state index contributed by atoms with van der Waals surface area (Å²) < 4.78 is 6.01. The number of hydrogen-bond donors (Lipinski definition) is 4. The van der Waals surface area contributed by atoms with Crippen molar-refractivity contribution in [2.45, 2.75) is 33.7 Å². The Labute approximate surface area is 242 Å². The molecule has 5 rings (SSSR count). The number of nitrogens with two attached hydrogens (primary N) is 2. The van der Waals surface area contributed by atoms with Crippen molar-refractivity contribution in [3.05, 3.63) is 88.1 Å². The number of aromatic nitrogens is 1. The molecule has 1 aliphatic rings. The molecular formula is C31H32N4O5S. The third-order valence-corrected chi connectivity index (χ3v) is 7.06. The van der Waals surface area contributed by atoms with Gasteiger partial charge >= 0.3 is 5.97 Å². The highest BCUT2D eigenvalue weighted by atomic mass is 32.1. The fourth-order valence-corrected chi connectivity index (χ4v) is 5.20. The van der Waals surface area contributed by atoms with Gasteiger partial charge in [-0.1, -0.05) is 32.9 Å². The number of carbonyl (C=O) groups excluding carboxylic acids is 2. The van der Waals surface area contributed by atoms with E-state index in [4.69, 9.17) is 16.2 Å². The highest BCUT2D eigenvalue weighted by Gasteiger charge is 2.26. The van der Waals surface area contributed by atoms with Gasteiger partial charge in [-0.2, -0.15) is 0 Å². The minimum Gasteiger partial charge on any atom is -0.493 e. The van der Waals surface area contributed by atoms with Gasteiger partial charge in [-0.25, -0.2) is 9.78 Å². The van der Waals surface area contributed by atoms with Crippen molar-refractivity contribution in [3.8, 4) is 27.3 Å². The first kappa shape index (κ1) is 29.4. The van der Waals surface area contributed by atoms with E-state index >= 15 is 0 Å². The maximum absolute atomic E-state index is 13.6. The Morgan fingerprint density at radius 1 is 1.02 bits per heavy atom. The van der Waals surface area contributed by atoms with Gasteiger partial charge in [-0.15, -0.1) is 11.3 Å². The van der Waals surface area contributed by atoms with Crippen LogP contribution in [0.5, 0.6) is 5.75 Å². The third-order valence-electron chi connectivity index (χ3n) is 6.07. The highest BCUT2D eigenvalue weighted by Crippen LogP contribution is 2.43. The molecule has 1 aliphatic heterocycles. The van der Waals surface area contributed by atoms with Crippen LogP contribution in [0.4, 0.5) is 5.69 Å². The van der Waals surface area contributed by atoms with E-state index in [9.17, 15) is 19.5 Å². The van der Waals surface area contributed by atoms with E-state index in [2.05, 4.69) is 31.1 Å². The lowest BCUT2D eigenvalue weighted by molar-refractivity contribution is 0.0691. The molecule has 212 valence electrons. The molecular weight excluding hydrogens is 540 g/mol. The number of amides is 2. The molecule has 0 radical (unpaired) electrons. The maximum atomic E-state index is 13.6. The molecule has 2 aromatic carbocycles. The molecule has 2 aromatic heterocycles. The van der Waals surface area contributed by atoms with Crippen LogP contribution >= 0.6 is 11.3 Å². The second kappa shape index (κ2) is 12.8. The predicted octanol–water partition coefficient (Wildman–Crippen LogP) is 5.58. The lowest BCUT2D eigenvalue weighted by Crippen LogP contribution is -2.17. The lowest BCUT2D eigenvalue weighted by Gasteiger charge is -2.17. The van der Waals surface area contributed by atoms with Gasteiger partial charge in [0, 0.05) is 45.8 Å². The average molecular weight is 573 g/mol. The van der Waals surface area contributed by atoms with Crippen LogP contribution in [0.25, 0.3) is 21.6 Å². The van der Waals surface area contributed by atoms with Crippen molar-refractivity contribution in [1.82, 2.24) is 4.98 Å². The molecule has 0 spiro atoms. The standard InChI is InChI=1S/C27H22N4O5S.C4H10/c28-13-14-1-3-16(4-2-14)30-26(33)19-11-20-22(36-9-7-15-8-10-37-24(15)20)12-18(19)17-5-6-21(25(29)32)31-23(17)27(34)35;1-4(2)3/h1-6,8,10-12H,7,9,13,28H2,(H2,29,32)(H,30,33)(H,34,35);4H,1-3H3. The number of aromatic carboxylic acids is 1. The van der Waals surface area contributed by atoms with Crippen LogP contribution in [0.15, 0.2) is 60.0 Å². The molecule has 0 fully saturated rings. The molecule has 6 N–H and O–H groups in total. The molecule has 2 amide bonds. The summed E-state index contributed by atoms with van der Waals surface area (Å²) in [4.78, 5) is 42.3. The molecule has 10 heteroatoms. The van der Waals surface area contributed by atoms with E-state index in [0.717, 1.165) is 27.5 Å². The summed E-state index contributed by atoms with van der Waals surface area (Å²) in [7, 11) is 0. The van der Waals surface area contributed by atoms with Gasteiger partial charge in [-0.3, -0.25) is 9.59 Å². The number of carboxylic acid groups (broad SMARTS) is 1. The number of hydrogen-bond acceptors (Lipinski definition) is 7. The second-order valence-electron chi connectivity index (χ2n) is 10.1. The minimum atomic E-state index is -1.36. The van der Waals surface area contributed by atoms with Crippen molar-refractivity contribution in [3.63, 3.8) is 0 Å². The molecule has 0 atom stereocenters. The molecule has 3 heterocycles. The number of thiophene rings is 1. The molecule has 0 saturated carbocycles. The summed E-state index contributed by atoms with van der Waals surface area (Å²) in [5.41, 5.74) is 14.4. The van der Waals surface area contributed by atoms with Crippen LogP contribution in [0, 0.1) is 5.92 Å². The van der Waals surface area contributed by atoms with Gasteiger partial charge in [-0.05, 0) is 64.9 Å². The van der Waals surface area contributed by atoms with Crippen LogP contribution in [0.3, 0.4) is 0 Å². The number of fused-ring (bicyclic) bond motifs is 3. The van der Waals surface area contributed by atoms with E-state index in [0.29, 0.717) is 36.6 Å². The van der Waals surface area contributed by atoms with Gasteiger partial charge in [0.15, 0.2) is 5.69 Å². The monoisotopic (exact) mass is 572 g/mol. The van der Waals surface area contributed by atoms with Gasteiger partial charge in [0.1, 0.15) is 11.4 Å². The highest BCUT2D eigenvalue weighted by molar-refractivity contribution is 7.13. The smallest absolute Gasteiger partial charge is 0.355 e. The van der Waals surface area contributed by atoms with E-state index < -0.39 is 23.5 Å². The zero-order valence-electron chi connectivity index (χ0n) is 23.1. The Morgan fingerprint density at radius 2 is 1.73 bits per heavy atom. The number of rotatable bonds is 6. The molecule has 9 nitrogen and oxygen atoms in total. The Hall–Kier alpha value is -4.54. The number of carbonyl (C=O) groups is 3. The number of benzene rings is 2. The zero-order valence-corrected chi connectivity index (χ0v) is 23.9. The largest absolute Gasteiger partial charge is 0.493 e. The predicted molar refractivity (Wildman–Crippen MR) is 160 cm³/mol. The van der Waals surface area contributed by atoms with Crippen LogP contribution in [0.1, 0.15) is 63.2 Å². The summed E-state index contributed by atoms with van der Waals surface area (Å²) in [6.07, 6.45) is 0.701. The van der Waals surface area contributed by atoms with Crippen molar-refractivity contribution in [1.29, 1.82) is 0 Å². The van der Waals surface area contributed by atoms with Gasteiger partial charge in [0.2, 0.25) is 0 Å². The number of nitrogens with one attached hydrogen (secondary N) is 1. The number of ether oxygens (including phenoxy) is 1. The number of anilines is 1. The number of pyridine rings is 1. The first-order valence-electron chi connectivity index (χ1n) is 13.1. The first-order valence-corrected chi connectivity index (χ1v) is 14.0. The molecule has 41 heavy (non-hydrogen) atoms. The van der Waals surface area contributed by atoms with Crippen LogP contribution in [-0.2, 0) is 13.0 Å². The first-order chi connectivity index (χ1) is 19.6. The van der Waals surface area contributed by atoms with E-state index in [1.807, 2.05) is 23.6 Å². The van der Waals surface area contributed by atoms with Gasteiger partial charge in [0.05, 0.1) is 6.61 Å². The number of nitrogens with zero attached hydrogens (tertiary/aromatic N) is 1. The molecule has 0 saturated heterocycles. The van der Waals surface area contributed by atoms with Crippen molar-refractivity contribution in [2.75, 3.05) is 11.9 Å². The Kier molecular flexibility index (Phi) is 9.16. The minimum absolute atomic E-state index is 0.156. The average Bonchev–Trinajstić information content (AvgIpc) is 3.33. The van der Waals surface area contributed by atoms with Gasteiger partial charge in [0.25, 0.3) is 11.8 Å². The normalized spacial score (nSPS) is 11.7. The summed E-state index contributed by atoms with van der Waals surface area (Å²) in [6, 6.07) is 15.3. The van der Waals surface area contributed by atoms with E-state index in [1.165, 1.54) is 12.1 Å². The number of primary amides is 1.